The topological polar surface area (TPSA) is 43.4 Å². The molecule has 0 saturated heterocycles. The minimum atomic E-state index is -0.536. The summed E-state index contributed by atoms with van der Waals surface area (Å²) in [6.45, 7) is 2.88. The maximum absolute atomic E-state index is 12.0. The van der Waals surface area contributed by atoms with Crippen molar-refractivity contribution in [3.8, 4) is 5.75 Å². The lowest BCUT2D eigenvalue weighted by Crippen LogP contribution is -2.09. The predicted octanol–water partition coefficient (Wildman–Crippen LogP) is 4.94. The maximum atomic E-state index is 12.0. The highest BCUT2D eigenvalue weighted by Crippen LogP contribution is 2.44. The second kappa shape index (κ2) is 6.13. The number of carbonyl (C=O) groups excluding carboxylic acids is 2. The van der Waals surface area contributed by atoms with E-state index >= 15 is 0 Å². The quantitative estimate of drug-likeness (QED) is 0.283. The summed E-state index contributed by atoms with van der Waals surface area (Å²) in [5.41, 5.74) is 0.696. The van der Waals surface area contributed by atoms with Crippen LogP contribution in [0, 0.1) is 0 Å². The van der Waals surface area contributed by atoms with Crippen LogP contribution in [0.25, 0.3) is 21.5 Å². The van der Waals surface area contributed by atoms with Gasteiger partial charge in [-0.3, -0.25) is 9.59 Å². The lowest BCUT2D eigenvalue weighted by Gasteiger charge is -2.18. The van der Waals surface area contributed by atoms with Crippen LogP contribution in [-0.2, 0) is 9.59 Å². The first-order valence-corrected chi connectivity index (χ1v) is 8.18. The largest absolute Gasteiger partial charge is 0.426 e. The number of benzene rings is 3. The maximum Gasteiger partial charge on any atom is 0.308 e. The van der Waals surface area contributed by atoms with Crippen molar-refractivity contribution in [3.05, 3.63) is 54.1 Å². The van der Waals surface area contributed by atoms with Crippen molar-refractivity contribution in [1.29, 1.82) is 0 Å². The summed E-state index contributed by atoms with van der Waals surface area (Å²) >= 11 is 3.46. The van der Waals surface area contributed by atoms with Gasteiger partial charge in [0.2, 0.25) is 0 Å². The van der Waals surface area contributed by atoms with Gasteiger partial charge in [0, 0.05) is 17.9 Å². The molecule has 0 aliphatic carbocycles. The number of Topliss-reactive ketones (excluding diaryl/α,β-unsaturated/α-hetero) is 1. The molecule has 4 heteroatoms. The van der Waals surface area contributed by atoms with E-state index in [9.17, 15) is 9.59 Å². The number of hydrogen-bond acceptors (Lipinski definition) is 3. The minimum Gasteiger partial charge on any atom is -0.426 e. The first-order chi connectivity index (χ1) is 11.0. The Kier molecular flexibility index (Phi) is 4.18. The Morgan fingerprint density at radius 2 is 1.35 bits per heavy atom. The van der Waals surface area contributed by atoms with Crippen molar-refractivity contribution in [2.24, 2.45) is 0 Å². The molecule has 3 aromatic rings. The van der Waals surface area contributed by atoms with Crippen molar-refractivity contribution >= 4 is 49.2 Å². The third-order valence-corrected chi connectivity index (χ3v) is 4.88. The van der Waals surface area contributed by atoms with Crippen LogP contribution in [0.2, 0.25) is 0 Å². The van der Waals surface area contributed by atoms with Crippen LogP contribution in [0.4, 0.5) is 0 Å². The number of carbonyl (C=O) groups is 2. The average Bonchev–Trinajstić information content (AvgIpc) is 2.54. The molecule has 0 fully saturated rings. The fraction of sp³-hybridized carbons (Fsp3) is 0.158. The molecule has 3 nitrogen and oxygen atoms in total. The number of fused-ring (bicyclic) bond motifs is 3. The van der Waals surface area contributed by atoms with E-state index in [1.165, 1.54) is 13.8 Å². The number of alkyl halides is 1. The molecule has 116 valence electrons. The highest BCUT2D eigenvalue weighted by molar-refractivity contribution is 9.09. The molecule has 3 aromatic carbocycles. The minimum absolute atomic E-state index is 0.0427. The molecule has 3 rings (SSSR count). The highest BCUT2D eigenvalue weighted by Gasteiger charge is 2.24. The summed E-state index contributed by atoms with van der Waals surface area (Å²) in [4.78, 5) is 23.1. The van der Waals surface area contributed by atoms with Gasteiger partial charge in [0.15, 0.2) is 0 Å². The van der Waals surface area contributed by atoms with Gasteiger partial charge >= 0.3 is 5.97 Å². The van der Waals surface area contributed by atoms with Gasteiger partial charge in [-0.05, 0) is 23.1 Å². The van der Waals surface area contributed by atoms with Gasteiger partial charge in [-0.1, -0.05) is 64.5 Å². The molecule has 0 heterocycles. The summed E-state index contributed by atoms with van der Waals surface area (Å²) in [7, 11) is 0. The van der Waals surface area contributed by atoms with Crippen molar-refractivity contribution in [2.75, 3.05) is 0 Å². The van der Waals surface area contributed by atoms with Crippen LogP contribution in [0.1, 0.15) is 24.2 Å². The van der Waals surface area contributed by atoms with E-state index in [4.69, 9.17) is 4.74 Å². The second-order valence-corrected chi connectivity index (χ2v) is 6.32. The molecule has 0 spiro atoms. The number of ketones is 1. The van der Waals surface area contributed by atoms with Crippen molar-refractivity contribution in [1.82, 2.24) is 0 Å². The Balaban J connectivity index is 2.53. The Labute approximate surface area is 142 Å². The molecule has 0 aromatic heterocycles. The fourth-order valence-electron chi connectivity index (χ4n) is 2.84. The third kappa shape index (κ3) is 2.75. The first-order valence-electron chi connectivity index (χ1n) is 7.27. The Hall–Kier alpha value is -2.20. The van der Waals surface area contributed by atoms with Crippen LogP contribution in [0.15, 0.2) is 48.5 Å². The molecule has 0 N–H and O–H groups in total. The van der Waals surface area contributed by atoms with Gasteiger partial charge in [-0.2, -0.15) is 0 Å². The smallest absolute Gasteiger partial charge is 0.308 e. The van der Waals surface area contributed by atoms with Gasteiger partial charge in [0.25, 0.3) is 0 Å². The molecule has 23 heavy (non-hydrogen) atoms. The third-order valence-electron chi connectivity index (χ3n) is 3.78. The lowest BCUT2D eigenvalue weighted by molar-refractivity contribution is -0.132. The van der Waals surface area contributed by atoms with Crippen LogP contribution < -0.4 is 4.74 Å². The van der Waals surface area contributed by atoms with Gasteiger partial charge < -0.3 is 4.74 Å². The number of hydrogen-bond donors (Lipinski definition) is 0. The van der Waals surface area contributed by atoms with Crippen molar-refractivity contribution in [3.63, 3.8) is 0 Å². The van der Waals surface area contributed by atoms with Crippen LogP contribution in [0.3, 0.4) is 0 Å². The van der Waals surface area contributed by atoms with Crippen LogP contribution in [0.5, 0.6) is 5.75 Å². The second-order valence-electron chi connectivity index (χ2n) is 5.40. The molecular weight excluding hydrogens is 356 g/mol. The Bertz CT molecular complexity index is 930. The predicted molar refractivity (Wildman–Crippen MR) is 95.1 cm³/mol. The number of rotatable bonds is 3. The summed E-state index contributed by atoms with van der Waals surface area (Å²) < 4.78 is 5.52. The molecule has 1 unspecified atom stereocenters. The zero-order valence-electron chi connectivity index (χ0n) is 12.8. The molecule has 0 amide bonds. The monoisotopic (exact) mass is 370 g/mol. The lowest BCUT2D eigenvalue weighted by atomic mass is 9.93. The zero-order chi connectivity index (χ0) is 16.6. The molecule has 0 bridgehead atoms. The van der Waals surface area contributed by atoms with Crippen molar-refractivity contribution in [2.45, 2.75) is 18.7 Å². The summed E-state index contributed by atoms with van der Waals surface area (Å²) in [6.07, 6.45) is 0. The van der Waals surface area contributed by atoms with E-state index < -0.39 is 10.8 Å². The number of esters is 1. The number of ether oxygens (including phenoxy) is 1. The fourth-order valence-corrected chi connectivity index (χ4v) is 3.30. The summed E-state index contributed by atoms with van der Waals surface area (Å²) in [5.74, 6) is -0.00218. The molecule has 0 saturated carbocycles. The van der Waals surface area contributed by atoms with E-state index in [0.29, 0.717) is 11.3 Å². The first kappa shape index (κ1) is 15.7. The zero-order valence-corrected chi connectivity index (χ0v) is 14.4. The van der Waals surface area contributed by atoms with Crippen LogP contribution >= 0.6 is 15.9 Å². The molecule has 0 radical (unpaired) electrons. The molecule has 0 aliphatic heterocycles. The van der Waals surface area contributed by atoms with E-state index in [0.717, 1.165) is 21.5 Å². The van der Waals surface area contributed by atoms with Gasteiger partial charge in [-0.25, -0.2) is 0 Å². The normalized spacial score (nSPS) is 12.3. The highest BCUT2D eigenvalue weighted by atomic mass is 79.9. The summed E-state index contributed by atoms with van der Waals surface area (Å²) in [6, 6.07) is 15.6. The van der Waals surface area contributed by atoms with Gasteiger partial charge in [0.05, 0.1) is 0 Å². The Morgan fingerprint density at radius 1 is 0.870 bits per heavy atom. The van der Waals surface area contributed by atoms with E-state index in [1.807, 2.05) is 48.5 Å². The van der Waals surface area contributed by atoms with E-state index in [-0.39, 0.29) is 5.78 Å². The molecular formula is C19H15BrO3. The summed E-state index contributed by atoms with van der Waals surface area (Å²) in [5, 5.41) is 3.74. The number of halogens is 1. The van der Waals surface area contributed by atoms with E-state index in [2.05, 4.69) is 15.9 Å². The Morgan fingerprint density at radius 3 is 1.87 bits per heavy atom. The molecule has 1 atom stereocenters. The van der Waals surface area contributed by atoms with E-state index in [1.54, 1.807) is 0 Å². The van der Waals surface area contributed by atoms with Gasteiger partial charge in [0.1, 0.15) is 16.4 Å². The standard InChI is InChI=1S/C19H15BrO3/c1-11(21)18(20)17-15-9-5-3-7-13(15)14-8-4-6-10-16(14)19(17)23-12(2)22/h3-10,18H,1-2H3. The molecule has 0 aliphatic rings. The average molecular weight is 371 g/mol. The van der Waals surface area contributed by atoms with Gasteiger partial charge in [-0.15, -0.1) is 0 Å². The van der Waals surface area contributed by atoms with Crippen LogP contribution in [-0.4, -0.2) is 11.8 Å². The SMILES string of the molecule is CC(=O)Oc1c(C(Br)C(C)=O)c2ccccc2c2ccccc12. The van der Waals surface area contributed by atoms with Crippen molar-refractivity contribution < 1.29 is 14.3 Å².